The number of benzene rings is 2. The average molecular weight is 342 g/mol. The Morgan fingerprint density at radius 1 is 0.708 bits per heavy atom. The number of rotatable bonds is 9. The van der Waals surface area contributed by atoms with Gasteiger partial charge in [-0.1, -0.05) is 60.7 Å². The Labute approximate surface area is 148 Å². The van der Waals surface area contributed by atoms with Gasteiger partial charge in [-0.2, -0.15) is 0 Å². The van der Waals surface area contributed by atoms with Crippen LogP contribution in [0.2, 0.25) is 6.04 Å². The maximum Gasteiger partial charge on any atom is 0.385 e. The third-order valence-corrected chi connectivity index (χ3v) is 5.94. The van der Waals surface area contributed by atoms with Crippen molar-refractivity contribution in [1.29, 1.82) is 0 Å². The van der Waals surface area contributed by atoms with Crippen molar-refractivity contribution in [1.82, 2.24) is 0 Å². The number of hydrogen-bond acceptors (Lipinski definition) is 2. The Morgan fingerprint density at radius 2 is 1.12 bits per heavy atom. The first-order chi connectivity index (χ1) is 11.6. The molecule has 0 amide bonds. The van der Waals surface area contributed by atoms with Gasteiger partial charge in [0.15, 0.2) is 0 Å². The molecule has 0 aliphatic rings. The monoisotopic (exact) mass is 341 g/mol. The summed E-state index contributed by atoms with van der Waals surface area (Å²) >= 11 is 0. The van der Waals surface area contributed by atoms with Crippen molar-refractivity contribution in [2.75, 3.05) is 0 Å². The molecule has 0 saturated heterocycles. The van der Waals surface area contributed by atoms with Crippen molar-refractivity contribution in [2.45, 2.75) is 58.3 Å². The average Bonchev–Trinajstić information content (AvgIpc) is 2.56. The van der Waals surface area contributed by atoms with E-state index < -0.39 is 9.28 Å². The van der Waals surface area contributed by atoms with Crippen LogP contribution in [0.4, 0.5) is 0 Å². The molecule has 0 aliphatic heterocycles. The van der Waals surface area contributed by atoms with Crippen LogP contribution in [0.3, 0.4) is 0 Å². The summed E-state index contributed by atoms with van der Waals surface area (Å²) in [5, 5.41) is 0. The normalized spacial score (nSPS) is 11.8. The highest BCUT2D eigenvalue weighted by Crippen LogP contribution is 2.30. The van der Waals surface area contributed by atoms with Gasteiger partial charge in [-0.05, 0) is 51.3 Å². The lowest BCUT2D eigenvalue weighted by molar-refractivity contribution is 0.129. The maximum absolute atomic E-state index is 6.06. The first-order valence-electron chi connectivity index (χ1n) is 8.85. The Morgan fingerprint density at radius 3 is 1.50 bits per heavy atom. The summed E-state index contributed by atoms with van der Waals surface area (Å²) in [6.45, 7) is 8.33. The lowest BCUT2D eigenvalue weighted by Gasteiger charge is -2.23. The fraction of sp³-hybridized carbons (Fsp3) is 0.429. The largest absolute Gasteiger partial charge is 0.391 e. The topological polar surface area (TPSA) is 18.5 Å². The molecule has 0 fully saturated rings. The van der Waals surface area contributed by atoms with Gasteiger partial charge >= 0.3 is 9.28 Å². The zero-order valence-corrected chi connectivity index (χ0v) is 16.2. The van der Waals surface area contributed by atoms with Gasteiger partial charge in [-0.3, -0.25) is 0 Å². The molecule has 3 heteroatoms. The van der Waals surface area contributed by atoms with Crippen LogP contribution in [0.25, 0.3) is 0 Å². The minimum Gasteiger partial charge on any atom is -0.391 e. The van der Waals surface area contributed by atoms with Gasteiger partial charge in [0.25, 0.3) is 0 Å². The van der Waals surface area contributed by atoms with Crippen molar-refractivity contribution in [3.05, 3.63) is 71.8 Å². The Kier molecular flexibility index (Phi) is 7.70. The van der Waals surface area contributed by atoms with Crippen molar-refractivity contribution >= 4 is 9.28 Å². The smallest absolute Gasteiger partial charge is 0.385 e. The molecule has 2 rings (SSSR count). The number of hydrogen-bond donors (Lipinski definition) is 0. The molecule has 0 bridgehead atoms. The second-order valence-electron chi connectivity index (χ2n) is 6.62. The summed E-state index contributed by atoms with van der Waals surface area (Å²) in [5.74, 6) is 0.388. The van der Waals surface area contributed by atoms with E-state index in [-0.39, 0.29) is 12.2 Å². The van der Waals surface area contributed by atoms with Gasteiger partial charge in [0.1, 0.15) is 0 Å². The van der Waals surface area contributed by atoms with Crippen molar-refractivity contribution in [3.8, 4) is 0 Å². The molecule has 0 spiro atoms. The second kappa shape index (κ2) is 9.77. The lowest BCUT2D eigenvalue weighted by Crippen LogP contribution is -2.29. The van der Waals surface area contributed by atoms with Gasteiger partial charge in [-0.25, -0.2) is 0 Å². The summed E-state index contributed by atoms with van der Waals surface area (Å²) in [7, 11) is -1.25. The van der Waals surface area contributed by atoms with Crippen molar-refractivity contribution in [2.24, 2.45) is 0 Å². The minimum atomic E-state index is -1.25. The Bertz CT molecular complexity index is 519. The summed E-state index contributed by atoms with van der Waals surface area (Å²) in [5.41, 5.74) is 2.72. The van der Waals surface area contributed by atoms with Gasteiger partial charge in [-0.15, -0.1) is 0 Å². The van der Waals surface area contributed by atoms with Crippen LogP contribution in [0.5, 0.6) is 0 Å². The predicted molar refractivity (Wildman–Crippen MR) is 102 cm³/mol. The predicted octanol–water partition coefficient (Wildman–Crippen LogP) is 5.55. The van der Waals surface area contributed by atoms with Crippen molar-refractivity contribution < 1.29 is 8.85 Å². The highest BCUT2D eigenvalue weighted by molar-refractivity contribution is 6.44. The maximum atomic E-state index is 6.06. The van der Waals surface area contributed by atoms with Crippen LogP contribution >= 0.6 is 0 Å². The Hall–Kier alpha value is -1.42. The van der Waals surface area contributed by atoms with Crippen LogP contribution in [0, 0.1) is 0 Å². The molecule has 0 aromatic heterocycles. The van der Waals surface area contributed by atoms with E-state index in [1.54, 1.807) is 0 Å². The molecule has 0 atom stereocenters. The SMILES string of the molecule is CC(C)O[Si](CCC(c1ccccc1)c1ccccc1)OC(C)C. The lowest BCUT2D eigenvalue weighted by atomic mass is 9.89. The standard InChI is InChI=1S/C21H29O2Si/c1-17(2)22-24(23-18(3)4)16-15-21(19-11-7-5-8-12-19)20-13-9-6-10-14-20/h5-14,17-18,21H,15-16H2,1-4H3. The Balaban J connectivity index is 2.13. The zero-order valence-electron chi connectivity index (χ0n) is 15.2. The molecule has 2 aromatic carbocycles. The van der Waals surface area contributed by atoms with E-state index in [2.05, 4.69) is 88.4 Å². The summed E-state index contributed by atoms with van der Waals surface area (Å²) in [4.78, 5) is 0. The van der Waals surface area contributed by atoms with E-state index in [0.29, 0.717) is 5.92 Å². The van der Waals surface area contributed by atoms with Gasteiger partial charge in [0.05, 0.1) is 0 Å². The molecular formula is C21H29O2Si. The van der Waals surface area contributed by atoms with E-state index in [0.717, 1.165) is 12.5 Å². The van der Waals surface area contributed by atoms with Crippen LogP contribution in [-0.4, -0.2) is 21.5 Å². The first kappa shape index (κ1) is 18.9. The molecule has 1 radical (unpaired) electrons. The van der Waals surface area contributed by atoms with Gasteiger partial charge in [0, 0.05) is 18.1 Å². The molecule has 0 unspecified atom stereocenters. The molecule has 0 saturated carbocycles. The third kappa shape index (κ3) is 6.23. The molecule has 0 heterocycles. The molecule has 0 aliphatic carbocycles. The van der Waals surface area contributed by atoms with Crippen LogP contribution < -0.4 is 0 Å². The van der Waals surface area contributed by atoms with Gasteiger partial charge < -0.3 is 8.85 Å². The fourth-order valence-corrected chi connectivity index (χ4v) is 4.70. The molecular weight excluding hydrogens is 312 g/mol. The third-order valence-electron chi connectivity index (χ3n) is 3.78. The van der Waals surface area contributed by atoms with Gasteiger partial charge in [0.2, 0.25) is 0 Å². The minimum absolute atomic E-state index is 0.213. The van der Waals surface area contributed by atoms with Crippen LogP contribution in [0.15, 0.2) is 60.7 Å². The van der Waals surface area contributed by atoms with Crippen molar-refractivity contribution in [3.63, 3.8) is 0 Å². The van der Waals surface area contributed by atoms with E-state index in [1.807, 2.05) is 0 Å². The quantitative estimate of drug-likeness (QED) is 0.557. The van der Waals surface area contributed by atoms with E-state index in [4.69, 9.17) is 8.85 Å². The van der Waals surface area contributed by atoms with E-state index in [9.17, 15) is 0 Å². The molecule has 2 aromatic rings. The second-order valence-corrected chi connectivity index (χ2v) is 8.33. The summed E-state index contributed by atoms with van der Waals surface area (Å²) in [6, 6.07) is 22.5. The fourth-order valence-electron chi connectivity index (χ4n) is 2.83. The summed E-state index contributed by atoms with van der Waals surface area (Å²) < 4.78 is 12.1. The highest BCUT2D eigenvalue weighted by atomic mass is 28.3. The van der Waals surface area contributed by atoms with Crippen LogP contribution in [0.1, 0.15) is 51.2 Å². The van der Waals surface area contributed by atoms with E-state index >= 15 is 0 Å². The van der Waals surface area contributed by atoms with E-state index in [1.165, 1.54) is 11.1 Å². The summed E-state index contributed by atoms with van der Waals surface area (Å²) in [6.07, 6.45) is 1.47. The van der Waals surface area contributed by atoms with Crippen LogP contribution in [-0.2, 0) is 8.85 Å². The molecule has 2 nitrogen and oxygen atoms in total. The zero-order chi connectivity index (χ0) is 17.4. The first-order valence-corrected chi connectivity index (χ1v) is 10.4. The molecule has 24 heavy (non-hydrogen) atoms. The highest BCUT2D eigenvalue weighted by Gasteiger charge is 2.23. The molecule has 0 N–H and O–H groups in total. The molecule has 129 valence electrons.